The maximum Gasteiger partial charge on any atom is 0.324 e. The molecule has 0 saturated carbocycles. The van der Waals surface area contributed by atoms with Crippen molar-refractivity contribution in [2.75, 3.05) is 13.1 Å². The van der Waals surface area contributed by atoms with Gasteiger partial charge >= 0.3 is 6.03 Å². The summed E-state index contributed by atoms with van der Waals surface area (Å²) in [4.78, 5) is 38.9. The van der Waals surface area contributed by atoms with E-state index in [0.717, 1.165) is 0 Å². The second-order valence-corrected chi connectivity index (χ2v) is 4.57. The lowest BCUT2D eigenvalue weighted by atomic mass is 10.1. The first-order valence-electron chi connectivity index (χ1n) is 6.67. The van der Waals surface area contributed by atoms with Gasteiger partial charge in [-0.2, -0.15) is 0 Å². The van der Waals surface area contributed by atoms with Gasteiger partial charge in [-0.15, -0.1) is 0 Å². The molecule has 1 unspecified atom stereocenters. The number of aromatic amines is 1. The van der Waals surface area contributed by atoms with Gasteiger partial charge in [0.2, 0.25) is 0 Å². The number of amides is 4. The Bertz CT molecular complexity index is 498. The predicted octanol–water partition coefficient (Wildman–Crippen LogP) is 0.465. The lowest BCUT2D eigenvalue weighted by molar-refractivity contribution is -0.127. The Morgan fingerprint density at radius 3 is 2.85 bits per heavy atom. The van der Waals surface area contributed by atoms with Crippen molar-refractivity contribution in [3.05, 3.63) is 24.0 Å². The molecule has 1 aromatic rings. The van der Waals surface area contributed by atoms with Crippen molar-refractivity contribution in [3.8, 4) is 0 Å². The van der Waals surface area contributed by atoms with Gasteiger partial charge in [0, 0.05) is 19.3 Å². The highest BCUT2D eigenvalue weighted by atomic mass is 16.2. The molecule has 7 nitrogen and oxygen atoms in total. The summed E-state index contributed by atoms with van der Waals surface area (Å²) >= 11 is 0. The molecule has 4 amide bonds. The number of likely N-dealkylation sites (N-methyl/N-ethyl adjacent to an activating group) is 1. The first-order valence-corrected chi connectivity index (χ1v) is 6.67. The first kappa shape index (κ1) is 14.1. The molecule has 1 aliphatic rings. The average Bonchev–Trinajstić information content (AvgIpc) is 3.04. The number of H-pyrrole nitrogens is 1. The van der Waals surface area contributed by atoms with Gasteiger partial charge in [-0.05, 0) is 31.9 Å². The third-order valence-electron chi connectivity index (χ3n) is 3.22. The molecule has 1 atom stereocenters. The topological polar surface area (TPSA) is 94.3 Å². The highest BCUT2D eigenvalue weighted by Crippen LogP contribution is 2.10. The van der Waals surface area contributed by atoms with E-state index in [1.54, 1.807) is 25.3 Å². The molecule has 108 valence electrons. The van der Waals surface area contributed by atoms with Crippen LogP contribution in [0.2, 0.25) is 0 Å². The summed E-state index contributed by atoms with van der Waals surface area (Å²) in [6.45, 7) is 2.60. The van der Waals surface area contributed by atoms with E-state index < -0.39 is 6.04 Å². The Labute approximate surface area is 116 Å². The second-order valence-electron chi connectivity index (χ2n) is 4.57. The van der Waals surface area contributed by atoms with E-state index in [4.69, 9.17) is 0 Å². The summed E-state index contributed by atoms with van der Waals surface area (Å²) in [7, 11) is 0. The molecule has 1 saturated heterocycles. The van der Waals surface area contributed by atoms with Crippen molar-refractivity contribution in [1.29, 1.82) is 0 Å². The SMILES string of the molecule is CCN1C(=O)NC(CCCNC(=O)c2ccc[nH]2)C1=O. The van der Waals surface area contributed by atoms with Gasteiger partial charge in [-0.25, -0.2) is 4.79 Å². The number of aromatic nitrogens is 1. The number of hydrogen-bond donors (Lipinski definition) is 3. The van der Waals surface area contributed by atoms with Gasteiger partial charge in [0.15, 0.2) is 0 Å². The Morgan fingerprint density at radius 2 is 2.25 bits per heavy atom. The summed E-state index contributed by atoms with van der Waals surface area (Å²) in [5.41, 5.74) is 0.507. The van der Waals surface area contributed by atoms with Crippen LogP contribution in [0.25, 0.3) is 0 Å². The number of nitrogens with zero attached hydrogens (tertiary/aromatic N) is 1. The maximum absolute atomic E-state index is 11.8. The zero-order valence-electron chi connectivity index (χ0n) is 11.3. The average molecular weight is 278 g/mol. The third kappa shape index (κ3) is 2.98. The molecule has 0 aromatic carbocycles. The van der Waals surface area contributed by atoms with E-state index in [2.05, 4.69) is 15.6 Å². The number of hydrogen-bond acceptors (Lipinski definition) is 3. The largest absolute Gasteiger partial charge is 0.357 e. The molecule has 0 radical (unpaired) electrons. The van der Waals surface area contributed by atoms with Gasteiger partial charge in [-0.3, -0.25) is 14.5 Å². The van der Waals surface area contributed by atoms with E-state index in [1.807, 2.05) is 0 Å². The van der Waals surface area contributed by atoms with Crippen LogP contribution in [0.4, 0.5) is 4.79 Å². The lowest BCUT2D eigenvalue weighted by Gasteiger charge is -2.10. The fraction of sp³-hybridized carbons (Fsp3) is 0.462. The molecular formula is C13H18N4O3. The van der Waals surface area contributed by atoms with Crippen LogP contribution in [0.3, 0.4) is 0 Å². The first-order chi connectivity index (χ1) is 9.63. The highest BCUT2D eigenvalue weighted by molar-refractivity contribution is 6.04. The van der Waals surface area contributed by atoms with Crippen LogP contribution in [0.1, 0.15) is 30.3 Å². The molecule has 20 heavy (non-hydrogen) atoms. The summed E-state index contributed by atoms with van der Waals surface area (Å²) in [6, 6.07) is 2.64. The zero-order valence-corrected chi connectivity index (χ0v) is 11.3. The molecule has 7 heteroatoms. The van der Waals surface area contributed by atoms with E-state index in [1.165, 1.54) is 4.90 Å². The highest BCUT2D eigenvalue weighted by Gasteiger charge is 2.36. The van der Waals surface area contributed by atoms with Crippen LogP contribution in [-0.2, 0) is 4.79 Å². The maximum atomic E-state index is 11.8. The molecule has 0 bridgehead atoms. The van der Waals surface area contributed by atoms with Crippen LogP contribution in [-0.4, -0.2) is 46.9 Å². The number of rotatable bonds is 6. The number of urea groups is 1. The predicted molar refractivity (Wildman–Crippen MR) is 72.1 cm³/mol. The van der Waals surface area contributed by atoms with Crippen molar-refractivity contribution in [3.63, 3.8) is 0 Å². The van der Waals surface area contributed by atoms with Crippen LogP contribution >= 0.6 is 0 Å². The molecule has 3 N–H and O–H groups in total. The van der Waals surface area contributed by atoms with E-state index in [0.29, 0.717) is 31.6 Å². The molecule has 1 fully saturated rings. The molecular weight excluding hydrogens is 260 g/mol. The molecule has 1 aromatic heterocycles. The fourth-order valence-electron chi connectivity index (χ4n) is 2.15. The molecule has 2 rings (SSSR count). The Morgan fingerprint density at radius 1 is 1.45 bits per heavy atom. The monoisotopic (exact) mass is 278 g/mol. The Kier molecular flexibility index (Phi) is 4.39. The van der Waals surface area contributed by atoms with E-state index >= 15 is 0 Å². The van der Waals surface area contributed by atoms with Crippen molar-refractivity contribution >= 4 is 17.8 Å². The van der Waals surface area contributed by atoms with Crippen LogP contribution in [0.5, 0.6) is 0 Å². The Balaban J connectivity index is 1.70. The van der Waals surface area contributed by atoms with Gasteiger partial charge in [0.05, 0.1) is 0 Å². The third-order valence-corrected chi connectivity index (χ3v) is 3.22. The lowest BCUT2D eigenvalue weighted by Crippen LogP contribution is -2.32. The van der Waals surface area contributed by atoms with Crippen molar-refractivity contribution in [2.45, 2.75) is 25.8 Å². The van der Waals surface area contributed by atoms with Crippen molar-refractivity contribution in [1.82, 2.24) is 20.5 Å². The van der Waals surface area contributed by atoms with Crippen LogP contribution in [0, 0.1) is 0 Å². The van der Waals surface area contributed by atoms with Gasteiger partial charge in [-0.1, -0.05) is 0 Å². The number of carbonyl (C=O) groups excluding carboxylic acids is 3. The quantitative estimate of drug-likeness (QED) is 0.521. The summed E-state index contributed by atoms with van der Waals surface area (Å²) in [5, 5.41) is 5.39. The minimum atomic E-state index is -0.468. The smallest absolute Gasteiger partial charge is 0.324 e. The molecule has 0 aliphatic carbocycles. The second kappa shape index (κ2) is 6.23. The Hall–Kier alpha value is -2.31. The normalized spacial score (nSPS) is 18.2. The van der Waals surface area contributed by atoms with E-state index in [-0.39, 0.29) is 17.8 Å². The van der Waals surface area contributed by atoms with Crippen molar-refractivity contribution in [2.24, 2.45) is 0 Å². The number of carbonyl (C=O) groups is 3. The van der Waals surface area contributed by atoms with Crippen molar-refractivity contribution < 1.29 is 14.4 Å². The number of imide groups is 1. The molecule has 1 aliphatic heterocycles. The standard InChI is InChI=1S/C13H18N4O3/c1-2-17-12(19)10(16-13(17)20)6-4-8-15-11(18)9-5-3-7-14-9/h3,5,7,10,14H,2,4,6,8H2,1H3,(H,15,18)(H,16,20). The van der Waals surface area contributed by atoms with Gasteiger partial charge in [0.1, 0.15) is 11.7 Å². The van der Waals surface area contributed by atoms with E-state index in [9.17, 15) is 14.4 Å². The van der Waals surface area contributed by atoms with Gasteiger partial charge in [0.25, 0.3) is 11.8 Å². The fourth-order valence-corrected chi connectivity index (χ4v) is 2.15. The summed E-state index contributed by atoms with van der Waals surface area (Å²) < 4.78 is 0. The minimum absolute atomic E-state index is 0.174. The minimum Gasteiger partial charge on any atom is -0.357 e. The summed E-state index contributed by atoms with van der Waals surface area (Å²) in [6.07, 6.45) is 2.83. The zero-order chi connectivity index (χ0) is 14.5. The van der Waals surface area contributed by atoms with Crippen LogP contribution in [0.15, 0.2) is 18.3 Å². The number of nitrogens with one attached hydrogen (secondary N) is 3. The summed E-state index contributed by atoms with van der Waals surface area (Å²) in [5.74, 6) is -0.361. The van der Waals surface area contributed by atoms with Gasteiger partial charge < -0.3 is 15.6 Å². The molecule has 2 heterocycles. The van der Waals surface area contributed by atoms with Crippen LogP contribution < -0.4 is 10.6 Å². The molecule has 0 spiro atoms.